The van der Waals surface area contributed by atoms with Crippen LogP contribution in [0.25, 0.3) is 0 Å². The Bertz CT molecular complexity index is 1080. The van der Waals surface area contributed by atoms with Crippen molar-refractivity contribution in [1.29, 1.82) is 0 Å². The molecular formula is C14H8F3IO6S3. The zero-order chi connectivity index (χ0) is 20.3. The maximum atomic E-state index is 12.6. The summed E-state index contributed by atoms with van der Waals surface area (Å²) in [6, 6.07) is 9.51. The third-order valence-corrected chi connectivity index (χ3v) is 11.0. The van der Waals surface area contributed by atoms with Crippen LogP contribution in [0.2, 0.25) is 0 Å². The quantitative estimate of drug-likeness (QED) is 0.328. The van der Waals surface area contributed by atoms with E-state index in [0.717, 1.165) is 11.3 Å². The van der Waals surface area contributed by atoms with Crippen molar-refractivity contribution in [3.63, 3.8) is 0 Å². The van der Waals surface area contributed by atoms with E-state index in [1.54, 1.807) is 5.25 Å². The molecule has 0 amide bonds. The number of alkyl halides is 3. The van der Waals surface area contributed by atoms with Crippen LogP contribution in [0.3, 0.4) is 0 Å². The van der Waals surface area contributed by atoms with Crippen molar-refractivity contribution in [1.82, 2.24) is 0 Å². The van der Waals surface area contributed by atoms with Gasteiger partial charge >= 0.3 is 165 Å². The first-order chi connectivity index (χ1) is 12.4. The van der Waals surface area contributed by atoms with Crippen molar-refractivity contribution < 1.29 is 37.3 Å². The molecule has 0 atom stereocenters. The second-order valence-corrected chi connectivity index (χ2v) is 12.8. The Labute approximate surface area is 164 Å². The number of rotatable bonds is 4. The van der Waals surface area contributed by atoms with Crippen molar-refractivity contribution in [2.24, 2.45) is 0 Å². The Morgan fingerprint density at radius 1 is 1.04 bits per heavy atom. The molecule has 0 fully saturated rings. The van der Waals surface area contributed by atoms with Gasteiger partial charge in [0.25, 0.3) is 0 Å². The SMILES string of the molecule is O=C(c1cccs1)S(=O)(=O)C#CI(OS(=O)(=O)C(F)(F)F)c1ccccc1. The van der Waals surface area contributed by atoms with Gasteiger partial charge in [0, 0.05) is 0 Å². The number of carbonyl (C=O) groups excluding carboxylic acids is 1. The van der Waals surface area contributed by atoms with Gasteiger partial charge in [-0.05, 0) is 0 Å². The Balaban J connectivity index is 2.42. The standard InChI is InChI=1S/C14H8F3IO6S3/c15-14(16,17)27(22,23)24-18(11-5-2-1-3-6-11)8-10-26(20,21)13(19)12-7-4-9-25-12/h1-7,9H. The molecule has 1 heterocycles. The topological polar surface area (TPSA) is 94.6 Å². The third-order valence-electron chi connectivity index (χ3n) is 2.59. The van der Waals surface area contributed by atoms with E-state index in [1.165, 1.54) is 47.8 Å². The van der Waals surface area contributed by atoms with E-state index in [-0.39, 0.29) is 8.45 Å². The summed E-state index contributed by atoms with van der Waals surface area (Å²) in [6.45, 7) is 0. The third kappa shape index (κ3) is 5.51. The fourth-order valence-electron chi connectivity index (χ4n) is 1.41. The van der Waals surface area contributed by atoms with Gasteiger partial charge in [-0.15, -0.1) is 0 Å². The summed E-state index contributed by atoms with van der Waals surface area (Å²) in [7, 11) is -10.7. The molecule has 0 aliphatic rings. The number of sulfone groups is 1. The predicted molar refractivity (Wildman–Crippen MR) is 101 cm³/mol. The van der Waals surface area contributed by atoms with Crippen LogP contribution in [0.4, 0.5) is 13.2 Å². The summed E-state index contributed by atoms with van der Waals surface area (Å²) in [5.41, 5.74) is -5.69. The molecule has 2 rings (SSSR count). The monoisotopic (exact) mass is 552 g/mol. The van der Waals surface area contributed by atoms with Crippen molar-refractivity contribution in [3.8, 4) is 9.18 Å². The van der Waals surface area contributed by atoms with Gasteiger partial charge in [0.05, 0.1) is 0 Å². The maximum absolute atomic E-state index is 12.6. The summed E-state index contributed by atoms with van der Waals surface area (Å²) < 4.78 is 90.5. The Hall–Kier alpha value is -1.47. The Morgan fingerprint density at radius 3 is 2.19 bits per heavy atom. The predicted octanol–water partition coefficient (Wildman–Crippen LogP) is 3.38. The molecule has 146 valence electrons. The van der Waals surface area contributed by atoms with Crippen LogP contribution in [0.15, 0.2) is 47.8 Å². The fraction of sp³-hybridized carbons (Fsp3) is 0.0714. The molecular weight excluding hydrogens is 544 g/mol. The van der Waals surface area contributed by atoms with Crippen molar-refractivity contribution in [2.45, 2.75) is 5.51 Å². The average Bonchev–Trinajstić information content (AvgIpc) is 3.12. The van der Waals surface area contributed by atoms with E-state index >= 15 is 0 Å². The molecule has 2 aromatic rings. The van der Waals surface area contributed by atoms with Crippen LogP contribution in [-0.2, 0) is 22.5 Å². The molecule has 0 unspecified atom stereocenters. The second kappa shape index (κ2) is 8.27. The summed E-state index contributed by atoms with van der Waals surface area (Å²) in [6.07, 6.45) is 0. The van der Waals surface area contributed by atoms with Crippen molar-refractivity contribution >= 4 is 56.6 Å². The normalized spacial score (nSPS) is 12.8. The van der Waals surface area contributed by atoms with Gasteiger partial charge in [0.15, 0.2) is 0 Å². The van der Waals surface area contributed by atoms with Gasteiger partial charge in [-0.3, -0.25) is 0 Å². The van der Waals surface area contributed by atoms with Crippen LogP contribution >= 0.6 is 31.6 Å². The number of carbonyl (C=O) groups is 1. The molecule has 0 bridgehead atoms. The number of thiophene rings is 1. The molecule has 0 saturated heterocycles. The Kier molecular flexibility index (Phi) is 6.68. The molecule has 1 aromatic heterocycles. The van der Waals surface area contributed by atoms with Crippen molar-refractivity contribution in [2.75, 3.05) is 0 Å². The van der Waals surface area contributed by atoms with E-state index in [4.69, 9.17) is 0 Å². The van der Waals surface area contributed by atoms with Crippen LogP contribution in [0.1, 0.15) is 9.67 Å². The molecule has 0 spiro atoms. The molecule has 6 nitrogen and oxygen atoms in total. The zero-order valence-corrected chi connectivity index (χ0v) is 17.4. The molecule has 27 heavy (non-hydrogen) atoms. The van der Waals surface area contributed by atoms with Gasteiger partial charge in [-0.1, -0.05) is 0 Å². The molecule has 13 heteroatoms. The second-order valence-electron chi connectivity index (χ2n) is 4.47. The molecule has 1 aromatic carbocycles. The van der Waals surface area contributed by atoms with E-state index in [0.29, 0.717) is 0 Å². The van der Waals surface area contributed by atoms with Crippen LogP contribution in [0, 0.1) is 12.7 Å². The van der Waals surface area contributed by atoms with E-state index in [9.17, 15) is 34.8 Å². The van der Waals surface area contributed by atoms with Gasteiger partial charge in [0.2, 0.25) is 0 Å². The van der Waals surface area contributed by atoms with Crippen LogP contribution < -0.4 is 0 Å². The number of hydrogen-bond acceptors (Lipinski definition) is 7. The first-order valence-corrected chi connectivity index (χ1v) is 13.4. The summed E-state index contributed by atoms with van der Waals surface area (Å²) >= 11 is -3.10. The van der Waals surface area contributed by atoms with Gasteiger partial charge < -0.3 is 0 Å². The molecule has 0 radical (unpaired) electrons. The first-order valence-electron chi connectivity index (χ1n) is 6.55. The van der Waals surface area contributed by atoms with E-state index in [2.05, 4.69) is 2.51 Å². The van der Waals surface area contributed by atoms with Crippen LogP contribution in [-0.4, -0.2) is 27.5 Å². The van der Waals surface area contributed by atoms with Crippen molar-refractivity contribution in [3.05, 3.63) is 56.3 Å². The average molecular weight is 552 g/mol. The summed E-state index contributed by atoms with van der Waals surface area (Å²) in [4.78, 5) is 11.8. The van der Waals surface area contributed by atoms with Gasteiger partial charge in [-0.25, -0.2) is 0 Å². The Morgan fingerprint density at radius 2 is 1.67 bits per heavy atom. The van der Waals surface area contributed by atoms with Crippen LogP contribution in [0.5, 0.6) is 0 Å². The summed E-state index contributed by atoms with van der Waals surface area (Å²) in [5, 5.41) is 1.74. The minimum atomic E-state index is -5.99. The number of hydrogen-bond donors (Lipinski definition) is 0. The zero-order valence-electron chi connectivity index (χ0n) is 12.8. The first kappa shape index (κ1) is 21.8. The van der Waals surface area contributed by atoms with Gasteiger partial charge in [0.1, 0.15) is 0 Å². The number of halogens is 4. The van der Waals surface area contributed by atoms with E-state index in [1.807, 2.05) is 3.93 Å². The fourth-order valence-corrected chi connectivity index (χ4v) is 9.16. The molecule has 0 aliphatic heterocycles. The van der Waals surface area contributed by atoms with Gasteiger partial charge in [-0.2, -0.15) is 0 Å². The molecule has 0 saturated carbocycles. The van der Waals surface area contributed by atoms with E-state index < -0.39 is 50.8 Å². The summed E-state index contributed by atoms with van der Waals surface area (Å²) in [5.74, 6) is 0. The molecule has 0 N–H and O–H groups in total. The number of benzene rings is 1. The molecule has 0 aliphatic carbocycles. The minimum absolute atomic E-state index is 0.0146.